The first-order chi connectivity index (χ1) is 7.77. The molecule has 2 atom stereocenters. The van der Waals surface area contributed by atoms with Crippen molar-refractivity contribution >= 4 is 11.8 Å². The van der Waals surface area contributed by atoms with Crippen molar-refractivity contribution in [3.8, 4) is 0 Å². The summed E-state index contributed by atoms with van der Waals surface area (Å²) in [4.78, 5) is 2.38. The van der Waals surface area contributed by atoms with Crippen molar-refractivity contribution in [3.05, 3.63) is 0 Å². The van der Waals surface area contributed by atoms with Gasteiger partial charge in [-0.2, -0.15) is 11.8 Å². The molecular weight excluding hydrogens is 220 g/mol. The molecule has 0 bridgehead atoms. The van der Waals surface area contributed by atoms with Crippen LogP contribution in [-0.2, 0) is 4.74 Å². The summed E-state index contributed by atoms with van der Waals surface area (Å²) < 4.78 is 5.66. The Morgan fingerprint density at radius 3 is 2.94 bits per heavy atom. The second-order valence-corrected chi connectivity index (χ2v) is 5.84. The van der Waals surface area contributed by atoms with Crippen LogP contribution >= 0.6 is 11.8 Å². The molecule has 4 heteroatoms. The lowest BCUT2D eigenvalue weighted by atomic mass is 10.1. The summed E-state index contributed by atoms with van der Waals surface area (Å²) in [7, 11) is 2.18. The molecule has 96 valence electrons. The first kappa shape index (κ1) is 14.3. The van der Waals surface area contributed by atoms with Gasteiger partial charge in [-0.15, -0.1) is 0 Å². The Morgan fingerprint density at radius 2 is 2.38 bits per heavy atom. The lowest BCUT2D eigenvalue weighted by Gasteiger charge is -2.28. The third kappa shape index (κ3) is 5.04. The average Bonchev–Trinajstić information content (AvgIpc) is 2.77. The highest BCUT2D eigenvalue weighted by molar-refractivity contribution is 7.99. The van der Waals surface area contributed by atoms with Gasteiger partial charge in [0.2, 0.25) is 0 Å². The quantitative estimate of drug-likeness (QED) is 0.660. The number of thioether (sulfide) groups is 1. The summed E-state index contributed by atoms with van der Waals surface area (Å²) in [5, 5.41) is 0. The molecular formula is C12H26N2OS. The van der Waals surface area contributed by atoms with Crippen LogP contribution in [0.1, 0.15) is 26.2 Å². The van der Waals surface area contributed by atoms with E-state index in [1.54, 1.807) is 0 Å². The van der Waals surface area contributed by atoms with Crippen molar-refractivity contribution in [2.45, 2.75) is 38.3 Å². The number of likely N-dealkylation sites (N-methyl/N-ethyl adjacent to an activating group) is 1. The topological polar surface area (TPSA) is 38.5 Å². The minimum atomic E-state index is 0.442. The smallest absolute Gasteiger partial charge is 0.0702 e. The molecule has 1 heterocycles. The fourth-order valence-electron chi connectivity index (χ4n) is 2.14. The molecule has 0 aliphatic carbocycles. The van der Waals surface area contributed by atoms with Gasteiger partial charge in [0.15, 0.2) is 0 Å². The van der Waals surface area contributed by atoms with Crippen LogP contribution in [0.25, 0.3) is 0 Å². The number of rotatable bonds is 8. The van der Waals surface area contributed by atoms with Crippen LogP contribution in [0.15, 0.2) is 0 Å². The standard InChI is InChI=1S/C12H26N2OS/c1-3-16-8-6-11(9-13)14(2)10-12-5-4-7-15-12/h11-12H,3-10,13H2,1-2H3. The SMILES string of the molecule is CCSCCC(CN)N(C)CC1CCCO1. The number of hydrogen-bond acceptors (Lipinski definition) is 4. The van der Waals surface area contributed by atoms with Gasteiger partial charge in [-0.1, -0.05) is 6.92 Å². The molecule has 0 aromatic carbocycles. The Morgan fingerprint density at radius 1 is 1.56 bits per heavy atom. The first-order valence-electron chi connectivity index (χ1n) is 6.37. The molecule has 0 saturated carbocycles. The van der Waals surface area contributed by atoms with E-state index in [2.05, 4.69) is 18.9 Å². The molecule has 0 spiro atoms. The highest BCUT2D eigenvalue weighted by Gasteiger charge is 2.21. The zero-order valence-corrected chi connectivity index (χ0v) is 11.5. The highest BCUT2D eigenvalue weighted by atomic mass is 32.2. The molecule has 1 saturated heterocycles. The van der Waals surface area contributed by atoms with Crippen LogP contribution in [-0.4, -0.2) is 55.3 Å². The lowest BCUT2D eigenvalue weighted by Crippen LogP contribution is -2.42. The Hall–Kier alpha value is 0.230. The average molecular weight is 246 g/mol. The third-order valence-corrected chi connectivity index (χ3v) is 4.14. The minimum Gasteiger partial charge on any atom is -0.377 e. The molecule has 2 N–H and O–H groups in total. The van der Waals surface area contributed by atoms with Crippen molar-refractivity contribution in [1.82, 2.24) is 4.90 Å². The monoisotopic (exact) mass is 246 g/mol. The molecule has 1 aliphatic rings. The van der Waals surface area contributed by atoms with Crippen LogP contribution in [0, 0.1) is 0 Å². The zero-order valence-electron chi connectivity index (χ0n) is 10.7. The van der Waals surface area contributed by atoms with Gasteiger partial charge in [-0.25, -0.2) is 0 Å². The molecule has 1 fully saturated rings. The van der Waals surface area contributed by atoms with Gasteiger partial charge in [0.1, 0.15) is 0 Å². The molecule has 0 radical (unpaired) electrons. The number of hydrogen-bond donors (Lipinski definition) is 1. The van der Waals surface area contributed by atoms with Gasteiger partial charge in [-0.05, 0) is 37.8 Å². The Balaban J connectivity index is 2.21. The predicted octanol–water partition coefficient (Wildman–Crippen LogP) is 1.57. The van der Waals surface area contributed by atoms with Gasteiger partial charge in [0, 0.05) is 25.7 Å². The summed E-state index contributed by atoms with van der Waals surface area (Å²) in [6.45, 7) is 4.95. The second kappa shape index (κ2) is 8.34. The molecule has 3 nitrogen and oxygen atoms in total. The molecule has 1 aliphatic heterocycles. The van der Waals surface area contributed by atoms with Crippen molar-refractivity contribution < 1.29 is 4.74 Å². The Kier molecular flexibility index (Phi) is 7.45. The first-order valence-corrected chi connectivity index (χ1v) is 7.53. The van der Waals surface area contributed by atoms with Gasteiger partial charge >= 0.3 is 0 Å². The van der Waals surface area contributed by atoms with Gasteiger partial charge in [0.25, 0.3) is 0 Å². The van der Waals surface area contributed by atoms with Crippen molar-refractivity contribution in [2.24, 2.45) is 5.73 Å². The molecule has 16 heavy (non-hydrogen) atoms. The fourth-order valence-corrected chi connectivity index (χ4v) is 2.87. The normalized spacial score (nSPS) is 22.9. The summed E-state index contributed by atoms with van der Waals surface area (Å²) in [6.07, 6.45) is 4.07. The van der Waals surface area contributed by atoms with Crippen LogP contribution in [0.2, 0.25) is 0 Å². The fraction of sp³-hybridized carbons (Fsp3) is 1.00. The predicted molar refractivity (Wildman–Crippen MR) is 72.1 cm³/mol. The minimum absolute atomic E-state index is 0.442. The van der Waals surface area contributed by atoms with Crippen LogP contribution in [0.4, 0.5) is 0 Å². The molecule has 1 rings (SSSR count). The van der Waals surface area contributed by atoms with E-state index in [0.29, 0.717) is 12.1 Å². The number of ether oxygens (including phenoxy) is 1. The summed E-state index contributed by atoms with van der Waals surface area (Å²) in [5.74, 6) is 2.42. The number of nitrogens with zero attached hydrogens (tertiary/aromatic N) is 1. The van der Waals surface area contributed by atoms with E-state index >= 15 is 0 Å². The maximum Gasteiger partial charge on any atom is 0.0702 e. The van der Waals surface area contributed by atoms with Crippen molar-refractivity contribution in [2.75, 3.05) is 38.2 Å². The number of nitrogens with two attached hydrogens (primary N) is 1. The van der Waals surface area contributed by atoms with E-state index in [0.717, 1.165) is 19.7 Å². The maximum absolute atomic E-state index is 5.84. The second-order valence-electron chi connectivity index (χ2n) is 4.45. The zero-order chi connectivity index (χ0) is 11.8. The van der Waals surface area contributed by atoms with Crippen LogP contribution in [0.3, 0.4) is 0 Å². The summed E-state index contributed by atoms with van der Waals surface area (Å²) >= 11 is 2.00. The van der Waals surface area contributed by atoms with E-state index in [1.807, 2.05) is 11.8 Å². The van der Waals surface area contributed by atoms with Gasteiger partial charge in [-0.3, -0.25) is 4.90 Å². The molecule has 0 amide bonds. The van der Waals surface area contributed by atoms with Crippen LogP contribution in [0.5, 0.6) is 0 Å². The van der Waals surface area contributed by atoms with E-state index in [9.17, 15) is 0 Å². The van der Waals surface area contributed by atoms with E-state index < -0.39 is 0 Å². The van der Waals surface area contributed by atoms with Gasteiger partial charge < -0.3 is 10.5 Å². The Bertz CT molecular complexity index is 174. The Labute approximate surface area is 104 Å². The third-order valence-electron chi connectivity index (χ3n) is 3.21. The highest BCUT2D eigenvalue weighted by Crippen LogP contribution is 2.15. The molecule has 0 aromatic heterocycles. The van der Waals surface area contributed by atoms with Gasteiger partial charge in [0.05, 0.1) is 6.10 Å². The largest absolute Gasteiger partial charge is 0.377 e. The van der Waals surface area contributed by atoms with Crippen molar-refractivity contribution in [1.29, 1.82) is 0 Å². The molecule has 2 unspecified atom stereocenters. The van der Waals surface area contributed by atoms with E-state index in [4.69, 9.17) is 10.5 Å². The van der Waals surface area contributed by atoms with Crippen molar-refractivity contribution in [3.63, 3.8) is 0 Å². The maximum atomic E-state index is 5.84. The molecule has 0 aromatic rings. The van der Waals surface area contributed by atoms with E-state index in [-0.39, 0.29) is 0 Å². The van der Waals surface area contributed by atoms with E-state index in [1.165, 1.54) is 30.8 Å². The summed E-state index contributed by atoms with van der Waals surface area (Å²) in [6, 6.07) is 0.517. The summed E-state index contributed by atoms with van der Waals surface area (Å²) in [5.41, 5.74) is 5.84. The van der Waals surface area contributed by atoms with Crippen LogP contribution < -0.4 is 5.73 Å². The lowest BCUT2D eigenvalue weighted by molar-refractivity contribution is 0.0686.